The molecule has 2 rings (SSSR count). The van der Waals surface area contributed by atoms with E-state index in [9.17, 15) is 5.11 Å². The summed E-state index contributed by atoms with van der Waals surface area (Å²) in [5.74, 6) is 0. The standard InChI is InChI=1S/C13H20N2O/c1-11-9-14-8-5-12(11)15-10-13(16)6-3-2-4-7-13/h5,8-9,16H,2-4,6-7,10H2,1H3,(H,14,15). The van der Waals surface area contributed by atoms with Crippen LogP contribution in [0.5, 0.6) is 0 Å². The predicted octanol–water partition coefficient (Wildman–Crippen LogP) is 2.50. The Kier molecular flexibility index (Phi) is 3.44. The van der Waals surface area contributed by atoms with Gasteiger partial charge in [-0.15, -0.1) is 0 Å². The van der Waals surface area contributed by atoms with Crippen molar-refractivity contribution < 1.29 is 5.11 Å². The fraction of sp³-hybridized carbons (Fsp3) is 0.615. The van der Waals surface area contributed by atoms with Gasteiger partial charge in [0, 0.05) is 24.6 Å². The highest BCUT2D eigenvalue weighted by atomic mass is 16.3. The summed E-state index contributed by atoms with van der Waals surface area (Å²) in [5, 5.41) is 13.7. The fourth-order valence-corrected chi connectivity index (χ4v) is 2.32. The van der Waals surface area contributed by atoms with Crippen LogP contribution in [0.4, 0.5) is 5.69 Å². The third-order valence-electron chi connectivity index (χ3n) is 3.41. The third-order valence-corrected chi connectivity index (χ3v) is 3.41. The zero-order valence-corrected chi connectivity index (χ0v) is 9.87. The van der Waals surface area contributed by atoms with Gasteiger partial charge in [0.2, 0.25) is 0 Å². The van der Waals surface area contributed by atoms with Crippen LogP contribution in [0.2, 0.25) is 0 Å². The maximum Gasteiger partial charge on any atom is 0.0819 e. The molecule has 2 N–H and O–H groups in total. The number of aromatic nitrogens is 1. The van der Waals surface area contributed by atoms with E-state index in [1.807, 2.05) is 19.2 Å². The van der Waals surface area contributed by atoms with Crippen LogP contribution in [0.15, 0.2) is 18.5 Å². The van der Waals surface area contributed by atoms with Crippen LogP contribution in [0.3, 0.4) is 0 Å². The molecular weight excluding hydrogens is 200 g/mol. The van der Waals surface area contributed by atoms with Gasteiger partial charge >= 0.3 is 0 Å². The number of aryl methyl sites for hydroxylation is 1. The molecule has 0 saturated heterocycles. The average Bonchev–Trinajstić information content (AvgIpc) is 2.29. The Morgan fingerprint density at radius 3 is 2.81 bits per heavy atom. The molecule has 88 valence electrons. The van der Waals surface area contributed by atoms with Crippen LogP contribution in [-0.2, 0) is 0 Å². The first-order chi connectivity index (χ1) is 7.70. The van der Waals surface area contributed by atoms with Crippen LogP contribution < -0.4 is 5.32 Å². The van der Waals surface area contributed by atoms with Gasteiger partial charge in [-0.3, -0.25) is 4.98 Å². The summed E-state index contributed by atoms with van der Waals surface area (Å²) < 4.78 is 0. The van der Waals surface area contributed by atoms with E-state index < -0.39 is 5.60 Å². The molecule has 0 aliphatic heterocycles. The lowest BCUT2D eigenvalue weighted by Crippen LogP contribution is -2.38. The van der Waals surface area contributed by atoms with Crippen LogP contribution in [0.25, 0.3) is 0 Å². The van der Waals surface area contributed by atoms with Gasteiger partial charge in [0.05, 0.1) is 5.60 Å². The third kappa shape index (κ3) is 2.73. The molecule has 0 amide bonds. The quantitative estimate of drug-likeness (QED) is 0.822. The normalized spacial score (nSPS) is 19.4. The van der Waals surface area contributed by atoms with Crippen molar-refractivity contribution >= 4 is 5.69 Å². The topological polar surface area (TPSA) is 45.2 Å². The molecule has 0 spiro atoms. The van der Waals surface area contributed by atoms with Crippen molar-refractivity contribution in [3.05, 3.63) is 24.0 Å². The smallest absolute Gasteiger partial charge is 0.0819 e. The second kappa shape index (κ2) is 4.83. The molecular formula is C13H20N2O. The molecule has 3 nitrogen and oxygen atoms in total. The monoisotopic (exact) mass is 220 g/mol. The van der Waals surface area contributed by atoms with Crippen molar-refractivity contribution in [1.82, 2.24) is 4.98 Å². The van der Waals surface area contributed by atoms with E-state index in [1.165, 1.54) is 6.42 Å². The molecule has 1 saturated carbocycles. The predicted molar refractivity (Wildman–Crippen MR) is 65.5 cm³/mol. The Hall–Kier alpha value is -1.09. The molecule has 1 aliphatic carbocycles. The van der Waals surface area contributed by atoms with E-state index in [2.05, 4.69) is 10.3 Å². The Labute approximate surface area is 96.9 Å². The number of nitrogens with one attached hydrogen (secondary N) is 1. The number of hydrogen-bond acceptors (Lipinski definition) is 3. The Morgan fingerprint density at radius 2 is 2.12 bits per heavy atom. The lowest BCUT2D eigenvalue weighted by Gasteiger charge is -2.32. The summed E-state index contributed by atoms with van der Waals surface area (Å²) in [7, 11) is 0. The Bertz CT molecular complexity index is 346. The van der Waals surface area contributed by atoms with E-state index >= 15 is 0 Å². The van der Waals surface area contributed by atoms with Gasteiger partial charge in [-0.05, 0) is 31.4 Å². The SMILES string of the molecule is Cc1cnccc1NCC1(O)CCCCC1. The molecule has 1 aromatic rings. The number of nitrogens with zero attached hydrogens (tertiary/aromatic N) is 1. The first kappa shape index (κ1) is 11.4. The van der Waals surface area contributed by atoms with E-state index in [1.54, 1.807) is 6.20 Å². The van der Waals surface area contributed by atoms with E-state index in [4.69, 9.17) is 0 Å². The van der Waals surface area contributed by atoms with Gasteiger partial charge in [-0.25, -0.2) is 0 Å². The van der Waals surface area contributed by atoms with Gasteiger partial charge in [-0.1, -0.05) is 19.3 Å². The summed E-state index contributed by atoms with van der Waals surface area (Å²) in [6.45, 7) is 2.68. The zero-order valence-electron chi connectivity index (χ0n) is 9.87. The number of aliphatic hydroxyl groups is 1. The molecule has 1 fully saturated rings. The van der Waals surface area contributed by atoms with Crippen LogP contribution in [0.1, 0.15) is 37.7 Å². The summed E-state index contributed by atoms with van der Waals surface area (Å²) in [5.41, 5.74) is 1.70. The van der Waals surface area contributed by atoms with E-state index in [0.717, 1.165) is 36.9 Å². The molecule has 0 aromatic carbocycles. The lowest BCUT2D eigenvalue weighted by molar-refractivity contribution is 0.0167. The maximum atomic E-state index is 10.3. The van der Waals surface area contributed by atoms with Crippen molar-refractivity contribution in [3.8, 4) is 0 Å². The van der Waals surface area contributed by atoms with Gasteiger partial charge in [-0.2, -0.15) is 0 Å². The average molecular weight is 220 g/mol. The fourth-order valence-electron chi connectivity index (χ4n) is 2.32. The molecule has 16 heavy (non-hydrogen) atoms. The van der Waals surface area contributed by atoms with Crippen LogP contribution >= 0.6 is 0 Å². The maximum absolute atomic E-state index is 10.3. The minimum absolute atomic E-state index is 0.506. The van der Waals surface area contributed by atoms with Gasteiger partial charge in [0.15, 0.2) is 0 Å². The molecule has 0 bridgehead atoms. The van der Waals surface area contributed by atoms with Gasteiger partial charge in [0.25, 0.3) is 0 Å². The first-order valence-electron chi connectivity index (χ1n) is 6.06. The van der Waals surface area contributed by atoms with Crippen molar-refractivity contribution in [2.75, 3.05) is 11.9 Å². The highest BCUT2D eigenvalue weighted by molar-refractivity contribution is 5.48. The molecule has 1 heterocycles. The minimum Gasteiger partial charge on any atom is -0.388 e. The number of hydrogen-bond donors (Lipinski definition) is 2. The largest absolute Gasteiger partial charge is 0.388 e. The second-order valence-electron chi connectivity index (χ2n) is 4.83. The summed E-state index contributed by atoms with van der Waals surface area (Å²) in [6, 6.07) is 1.96. The van der Waals surface area contributed by atoms with E-state index in [0.29, 0.717) is 6.54 Å². The van der Waals surface area contributed by atoms with Crippen molar-refractivity contribution in [3.63, 3.8) is 0 Å². The minimum atomic E-state index is -0.506. The molecule has 0 unspecified atom stereocenters. The van der Waals surface area contributed by atoms with Crippen molar-refractivity contribution in [2.45, 2.75) is 44.6 Å². The second-order valence-corrected chi connectivity index (χ2v) is 4.83. The molecule has 0 atom stereocenters. The number of pyridine rings is 1. The zero-order chi connectivity index (χ0) is 11.4. The van der Waals surface area contributed by atoms with E-state index in [-0.39, 0.29) is 0 Å². The number of anilines is 1. The highest BCUT2D eigenvalue weighted by Gasteiger charge is 2.28. The van der Waals surface area contributed by atoms with Gasteiger partial charge in [0.1, 0.15) is 0 Å². The molecule has 1 aromatic heterocycles. The molecule has 3 heteroatoms. The van der Waals surface area contributed by atoms with Crippen LogP contribution in [0, 0.1) is 6.92 Å². The first-order valence-corrected chi connectivity index (χ1v) is 6.06. The summed E-state index contributed by atoms with van der Waals surface area (Å²) in [6.07, 6.45) is 9.01. The van der Waals surface area contributed by atoms with Crippen molar-refractivity contribution in [2.24, 2.45) is 0 Å². The number of rotatable bonds is 3. The molecule has 0 radical (unpaired) electrons. The van der Waals surface area contributed by atoms with Crippen LogP contribution in [-0.4, -0.2) is 22.2 Å². The Balaban J connectivity index is 1.94. The summed E-state index contributed by atoms with van der Waals surface area (Å²) in [4.78, 5) is 4.05. The highest BCUT2D eigenvalue weighted by Crippen LogP contribution is 2.28. The lowest BCUT2D eigenvalue weighted by atomic mass is 9.85. The summed E-state index contributed by atoms with van der Waals surface area (Å²) >= 11 is 0. The molecule has 1 aliphatic rings. The van der Waals surface area contributed by atoms with Crippen molar-refractivity contribution in [1.29, 1.82) is 0 Å². The van der Waals surface area contributed by atoms with Gasteiger partial charge < -0.3 is 10.4 Å². The Morgan fingerprint density at radius 1 is 1.38 bits per heavy atom.